The molecule has 0 saturated carbocycles. The second-order valence-corrected chi connectivity index (χ2v) is 39.2. The van der Waals surface area contributed by atoms with Gasteiger partial charge in [-0.25, -0.2) is 51.2 Å². The third-order valence-corrected chi connectivity index (χ3v) is 27.1. The number of benzene rings is 8. The van der Waals surface area contributed by atoms with Crippen molar-refractivity contribution in [1.29, 1.82) is 0 Å². The summed E-state index contributed by atoms with van der Waals surface area (Å²) in [5, 5.41) is 20.0. The van der Waals surface area contributed by atoms with Crippen LogP contribution in [-0.4, -0.2) is 171 Å². The van der Waals surface area contributed by atoms with Crippen LogP contribution in [0.1, 0.15) is 107 Å². The van der Waals surface area contributed by atoms with Crippen molar-refractivity contribution in [3.8, 4) is 11.1 Å². The Morgan fingerprint density at radius 1 is 0.417 bits per heavy atom. The van der Waals surface area contributed by atoms with E-state index in [0.717, 1.165) is 37.6 Å². The highest BCUT2D eigenvalue weighted by atomic mass is 79.9. The number of alkyl halides is 12. The molecule has 8 aromatic carbocycles. The molecule has 2 aliphatic heterocycles. The Hall–Kier alpha value is -9.28. The van der Waals surface area contributed by atoms with Crippen molar-refractivity contribution in [3.63, 3.8) is 0 Å². The van der Waals surface area contributed by atoms with E-state index < -0.39 is 171 Å². The fourth-order valence-electron chi connectivity index (χ4n) is 13.2. The average Bonchev–Trinajstić information content (AvgIpc) is 0.813. The molecule has 0 atom stereocenters. The van der Waals surface area contributed by atoms with Crippen molar-refractivity contribution in [1.82, 2.24) is 37.4 Å². The monoisotopic (exact) mass is 2040 g/mol. The molecule has 10 aromatic rings. The van der Waals surface area contributed by atoms with Gasteiger partial charge in [0, 0.05) is 105 Å². The molecule has 1 amide bonds. The smallest absolute Gasteiger partial charge is 0.423 e. The van der Waals surface area contributed by atoms with Crippen molar-refractivity contribution in [2.75, 3.05) is 52.4 Å². The van der Waals surface area contributed by atoms with E-state index in [1.165, 1.54) is 142 Å². The number of hydrogen-bond donors (Lipinski definition) is 3. The minimum absolute atomic E-state index is 0. The maximum Gasteiger partial charge on any atom is 0.488 e. The lowest BCUT2D eigenvalue weighted by Crippen LogP contribution is -2.39. The number of sulfonamides is 4. The SMILES string of the molecule is CC(=O)Cl.CC(=O)N1CCC(c2ccc(CN(CC(F)(F)F)S(=O)(=O)Cc3ccccc3)c(F)c2)CC1.Cl.O=S(=O)(Cc1ccccc1)N(Cc1ccc(-c2ccncc2)cc1F)CC(F)(F)F.O=S(=O)(Cc1ccccc1)N(Cc1ccc(Br)cc1F)CC(F)(F)F.O=S(=O)(Cc1ccccc1)N(Cc1ccc(C2CCNCC2)cc1F)CC(F)(F)F.OB(O)c1ccncc1. The fraction of sp³-hybridized carbons (Fsp3) is 0.318. The number of likely N-dealkylation sites (tertiary alicyclic amines) is 1. The van der Waals surface area contributed by atoms with E-state index >= 15 is 0 Å². The third-order valence-electron chi connectivity index (χ3n) is 19.6. The molecule has 0 unspecified atom stereocenters. The topological polar surface area (TPSA) is 265 Å². The fourth-order valence-corrected chi connectivity index (χ4v) is 19.5. The minimum atomic E-state index is -4.77. The number of amides is 1. The maximum atomic E-state index is 14.9. The van der Waals surface area contributed by atoms with Gasteiger partial charge in [0.05, 0.1) is 23.0 Å². The van der Waals surface area contributed by atoms with Crippen molar-refractivity contribution >= 4 is 104 Å². The van der Waals surface area contributed by atoms with E-state index in [1.807, 2.05) is 0 Å². The minimum Gasteiger partial charge on any atom is -0.423 e. The van der Waals surface area contributed by atoms with Gasteiger partial charge in [0.1, 0.15) is 49.4 Å². The number of carbonyl (C=O) groups is 2. The zero-order chi connectivity index (χ0) is 96.7. The Balaban J connectivity index is 0.000000258. The number of aromatic nitrogens is 2. The molecular weight excluding hydrogens is 1950 g/mol. The van der Waals surface area contributed by atoms with Crippen LogP contribution in [0.25, 0.3) is 11.1 Å². The van der Waals surface area contributed by atoms with Crippen LogP contribution in [-0.2, 0) is 98.9 Å². The zero-order valence-corrected chi connectivity index (χ0v) is 76.8. The van der Waals surface area contributed by atoms with Gasteiger partial charge in [-0.3, -0.25) is 19.6 Å². The van der Waals surface area contributed by atoms with Crippen LogP contribution in [0, 0.1) is 23.3 Å². The Bertz CT molecular complexity index is 5770. The quantitative estimate of drug-likeness (QED) is 0.0234. The summed E-state index contributed by atoms with van der Waals surface area (Å²) < 4.78 is 317. The van der Waals surface area contributed by atoms with E-state index in [4.69, 9.17) is 10.0 Å². The van der Waals surface area contributed by atoms with Gasteiger partial charge >= 0.3 is 31.8 Å². The van der Waals surface area contributed by atoms with Crippen LogP contribution < -0.4 is 10.8 Å². The Kier molecular flexibility index (Phi) is 43.4. The summed E-state index contributed by atoms with van der Waals surface area (Å²) in [7, 11) is -18.7. The lowest BCUT2D eigenvalue weighted by atomic mass is 9.81. The summed E-state index contributed by atoms with van der Waals surface area (Å²) in [5.74, 6) is -5.21. The molecule has 0 aliphatic carbocycles. The molecule has 2 fully saturated rings. The van der Waals surface area contributed by atoms with E-state index in [1.54, 1.807) is 114 Å². The summed E-state index contributed by atoms with van der Waals surface area (Å²) in [6, 6.07) is 54.4. The molecule has 2 aromatic heterocycles. The number of nitrogens with zero attached hydrogens (tertiary/aromatic N) is 7. The maximum absolute atomic E-state index is 14.9. The Labute approximate surface area is 775 Å². The van der Waals surface area contributed by atoms with E-state index in [2.05, 4.69) is 42.8 Å². The predicted molar refractivity (Wildman–Crippen MR) is 476 cm³/mol. The average molecular weight is 2050 g/mol. The molecule has 12 rings (SSSR count). The van der Waals surface area contributed by atoms with Gasteiger partial charge in [-0.1, -0.05) is 180 Å². The summed E-state index contributed by atoms with van der Waals surface area (Å²) in [6.07, 6.45) is -9.93. The lowest BCUT2D eigenvalue weighted by molar-refractivity contribution is -0.137. The molecular formula is C88H92BBrCl2F16N8O12S4. The van der Waals surface area contributed by atoms with E-state index in [9.17, 15) is 114 Å². The summed E-state index contributed by atoms with van der Waals surface area (Å²) >= 11 is 7.68. The van der Waals surface area contributed by atoms with Crippen molar-refractivity contribution in [2.45, 2.75) is 125 Å². The number of hydrogen-bond acceptors (Lipinski definition) is 15. The Morgan fingerprint density at radius 3 is 0.970 bits per heavy atom. The standard InChI is InChI=1S/C23H26F4N2O3S.C21H24F4N2O2S.C21H18F4N2O2S.C16H14BrF4NO2S.C5H6BNO2.C2H3ClO.ClH/c1-17(30)28-11-9-19(10-12-28)20-7-8-21(22(24)13-20)14-29(16-23(25,26)27)33(31,32)15-18-5-3-2-4-6-18;2*22-20-12-18(17-8-10-26-11-9-17)6-7-19(20)13-27(15-21(23,24)25)30(28,29)14-16-4-2-1-3-5-16;17-14-7-6-13(15(18)8-14)9-22(11-16(19,20)21)25(23,24)10-12-4-2-1-3-5-12;8-6(9)5-1-3-7-4-2-5;1-2(3)4;/h2-8,13,19H,9-12,14-16H2,1H3;1-7,12,17,26H,8-11,13-15H2;1-12H,13-15H2;1-8H,9-11H2;1-4,8-9H;1H3;1H. The summed E-state index contributed by atoms with van der Waals surface area (Å²) in [5.41, 5.74) is 4.05. The van der Waals surface area contributed by atoms with Crippen LogP contribution in [0.5, 0.6) is 0 Å². The van der Waals surface area contributed by atoms with Crippen LogP contribution in [0.15, 0.2) is 248 Å². The van der Waals surface area contributed by atoms with Crippen LogP contribution in [0.4, 0.5) is 70.2 Å². The highest BCUT2D eigenvalue weighted by Gasteiger charge is 2.41. The second kappa shape index (κ2) is 51.4. The summed E-state index contributed by atoms with van der Waals surface area (Å²) in [4.78, 5) is 30.0. The predicted octanol–water partition coefficient (Wildman–Crippen LogP) is 17.9. The first-order valence-electron chi connectivity index (χ1n) is 39.7. The number of rotatable bonds is 28. The number of piperidine rings is 2. The van der Waals surface area contributed by atoms with Gasteiger partial charge in [0.25, 0.3) is 0 Å². The molecule has 3 N–H and O–H groups in total. The molecule has 0 radical (unpaired) electrons. The van der Waals surface area contributed by atoms with Gasteiger partial charge in [-0.2, -0.15) is 69.9 Å². The van der Waals surface area contributed by atoms with E-state index in [-0.39, 0.29) is 70.6 Å². The van der Waals surface area contributed by atoms with Crippen LogP contribution >= 0.6 is 39.9 Å². The zero-order valence-electron chi connectivity index (χ0n) is 70.4. The van der Waals surface area contributed by atoms with Gasteiger partial charge in [-0.15, -0.1) is 12.4 Å². The number of nitrogens with one attached hydrogen (secondary N) is 1. The lowest BCUT2D eigenvalue weighted by Gasteiger charge is -2.31. The third kappa shape index (κ3) is 39.7. The first-order chi connectivity index (χ1) is 61.3. The molecule has 44 heteroatoms. The van der Waals surface area contributed by atoms with E-state index in [0.29, 0.717) is 79.1 Å². The normalized spacial score (nSPS) is 13.6. The summed E-state index contributed by atoms with van der Waals surface area (Å²) in [6.45, 7) is -4.02. The van der Waals surface area contributed by atoms with Crippen LogP contribution in [0.3, 0.4) is 0 Å². The van der Waals surface area contributed by atoms with Gasteiger partial charge in [-0.05, 0) is 167 Å². The molecule has 0 spiro atoms. The van der Waals surface area contributed by atoms with Gasteiger partial charge in [0.2, 0.25) is 51.2 Å². The number of carbonyl (C=O) groups excluding carboxylic acids is 2. The molecule has 2 saturated heterocycles. The molecule has 0 bridgehead atoms. The van der Waals surface area contributed by atoms with Crippen molar-refractivity contribution in [2.24, 2.45) is 0 Å². The Morgan fingerprint density at radius 2 is 0.697 bits per heavy atom. The van der Waals surface area contributed by atoms with Gasteiger partial charge < -0.3 is 20.3 Å². The first-order valence-corrected chi connectivity index (χ1v) is 47.4. The molecule has 20 nitrogen and oxygen atoms in total. The highest BCUT2D eigenvalue weighted by Crippen LogP contribution is 2.35. The van der Waals surface area contributed by atoms with Gasteiger partial charge in [0.15, 0.2) is 0 Å². The highest BCUT2D eigenvalue weighted by molar-refractivity contribution is 9.10. The first kappa shape index (κ1) is 111. The molecule has 716 valence electrons. The number of pyridine rings is 2. The largest absolute Gasteiger partial charge is 0.488 e. The molecule has 4 heterocycles. The number of halogens is 19. The van der Waals surface area contributed by atoms with Crippen molar-refractivity contribution < 1.29 is 124 Å². The van der Waals surface area contributed by atoms with Crippen LogP contribution in [0.2, 0.25) is 0 Å². The molecule has 132 heavy (non-hydrogen) atoms. The van der Waals surface area contributed by atoms with Crippen molar-refractivity contribution in [3.05, 3.63) is 327 Å². The molecule has 2 aliphatic rings. The second-order valence-electron chi connectivity index (χ2n) is 29.9.